The lowest BCUT2D eigenvalue weighted by atomic mass is 9.96. The Kier molecular flexibility index (Phi) is 4.86. The van der Waals surface area contributed by atoms with E-state index in [2.05, 4.69) is 52.7 Å². The second-order valence-corrected chi connectivity index (χ2v) is 5.82. The van der Waals surface area contributed by atoms with E-state index in [1.807, 2.05) is 0 Å². The maximum Gasteiger partial charge on any atom is 0.0479 e. The van der Waals surface area contributed by atoms with Gasteiger partial charge in [0.2, 0.25) is 0 Å². The molecule has 0 aromatic heterocycles. The highest BCUT2D eigenvalue weighted by atomic mass is 15.2. The molecule has 1 unspecified atom stereocenters. The summed E-state index contributed by atoms with van der Waals surface area (Å²) < 4.78 is 0. The fraction of sp³-hybridized carbons (Fsp3) is 0.444. The molecule has 0 spiro atoms. The van der Waals surface area contributed by atoms with Gasteiger partial charge in [-0.05, 0) is 42.3 Å². The Balaban J connectivity index is 1.87. The number of nitrogens with zero attached hydrogens (tertiary/aromatic N) is 1. The van der Waals surface area contributed by atoms with Crippen LogP contribution in [-0.2, 0) is 0 Å². The number of benzene rings is 2. The Hall–Kier alpha value is -1.42. The third kappa shape index (κ3) is 3.26. The standard InChI is InChI=1S/C18H25N3/c19-10-3-4-12-21-13-11-20-14-18(21)17-9-5-7-15-6-1-2-8-16(15)17/h1-2,5-9,18,20H,3-4,10-14,19H2. The van der Waals surface area contributed by atoms with E-state index in [1.54, 1.807) is 0 Å². The summed E-state index contributed by atoms with van der Waals surface area (Å²) in [4.78, 5) is 2.62. The zero-order valence-corrected chi connectivity index (χ0v) is 12.6. The Labute approximate surface area is 127 Å². The van der Waals surface area contributed by atoms with E-state index in [-0.39, 0.29) is 0 Å². The van der Waals surface area contributed by atoms with Gasteiger partial charge in [-0.25, -0.2) is 0 Å². The lowest BCUT2D eigenvalue weighted by Crippen LogP contribution is -2.46. The van der Waals surface area contributed by atoms with Crippen LogP contribution in [0.5, 0.6) is 0 Å². The second kappa shape index (κ2) is 7.03. The Bertz CT molecular complexity index is 576. The van der Waals surface area contributed by atoms with Crippen molar-refractivity contribution in [2.75, 3.05) is 32.7 Å². The van der Waals surface area contributed by atoms with Gasteiger partial charge in [-0.3, -0.25) is 4.90 Å². The van der Waals surface area contributed by atoms with Crippen LogP contribution >= 0.6 is 0 Å². The molecule has 0 bridgehead atoms. The SMILES string of the molecule is NCCCCN1CCNCC1c1cccc2ccccc12. The van der Waals surface area contributed by atoms with Crippen LogP contribution in [0.2, 0.25) is 0 Å². The molecule has 1 saturated heterocycles. The third-order valence-corrected chi connectivity index (χ3v) is 4.44. The van der Waals surface area contributed by atoms with Crippen LogP contribution in [0.25, 0.3) is 10.8 Å². The van der Waals surface area contributed by atoms with E-state index in [1.165, 1.54) is 22.8 Å². The average Bonchev–Trinajstić information content (AvgIpc) is 2.55. The minimum absolute atomic E-state index is 0.475. The van der Waals surface area contributed by atoms with Crippen molar-refractivity contribution in [1.82, 2.24) is 10.2 Å². The molecule has 3 N–H and O–H groups in total. The van der Waals surface area contributed by atoms with Gasteiger partial charge < -0.3 is 11.1 Å². The van der Waals surface area contributed by atoms with Crippen LogP contribution in [0.1, 0.15) is 24.4 Å². The Morgan fingerprint density at radius 2 is 1.95 bits per heavy atom. The zero-order chi connectivity index (χ0) is 14.5. The van der Waals surface area contributed by atoms with Crippen molar-refractivity contribution in [3.63, 3.8) is 0 Å². The number of hydrogen-bond acceptors (Lipinski definition) is 3. The van der Waals surface area contributed by atoms with Crippen molar-refractivity contribution in [3.05, 3.63) is 48.0 Å². The first-order valence-electron chi connectivity index (χ1n) is 8.02. The maximum absolute atomic E-state index is 5.63. The van der Waals surface area contributed by atoms with E-state index in [0.717, 1.165) is 39.1 Å². The van der Waals surface area contributed by atoms with E-state index < -0.39 is 0 Å². The van der Waals surface area contributed by atoms with Gasteiger partial charge >= 0.3 is 0 Å². The predicted octanol–water partition coefficient (Wildman–Crippen LogP) is 2.53. The lowest BCUT2D eigenvalue weighted by molar-refractivity contribution is 0.160. The third-order valence-electron chi connectivity index (χ3n) is 4.44. The number of unbranched alkanes of at least 4 members (excludes halogenated alkanes) is 1. The molecule has 1 aliphatic heterocycles. The van der Waals surface area contributed by atoms with E-state index in [0.29, 0.717) is 6.04 Å². The molecule has 1 aliphatic rings. The molecule has 0 aliphatic carbocycles. The van der Waals surface area contributed by atoms with Crippen molar-refractivity contribution < 1.29 is 0 Å². The fourth-order valence-corrected chi connectivity index (χ4v) is 3.32. The zero-order valence-electron chi connectivity index (χ0n) is 12.6. The minimum Gasteiger partial charge on any atom is -0.330 e. The number of nitrogens with two attached hydrogens (primary N) is 1. The molecule has 3 nitrogen and oxygen atoms in total. The van der Waals surface area contributed by atoms with E-state index in [9.17, 15) is 0 Å². The van der Waals surface area contributed by atoms with Gasteiger partial charge in [0.05, 0.1) is 0 Å². The highest BCUT2D eigenvalue weighted by Crippen LogP contribution is 2.29. The number of fused-ring (bicyclic) bond motifs is 1. The normalized spacial score (nSPS) is 20.0. The van der Waals surface area contributed by atoms with Crippen LogP contribution in [0.3, 0.4) is 0 Å². The Morgan fingerprint density at radius 3 is 2.86 bits per heavy atom. The highest BCUT2D eigenvalue weighted by molar-refractivity contribution is 5.86. The predicted molar refractivity (Wildman–Crippen MR) is 89.4 cm³/mol. The minimum atomic E-state index is 0.475. The van der Waals surface area contributed by atoms with Crippen molar-refractivity contribution in [2.45, 2.75) is 18.9 Å². The second-order valence-electron chi connectivity index (χ2n) is 5.82. The van der Waals surface area contributed by atoms with Crippen molar-refractivity contribution in [3.8, 4) is 0 Å². The number of hydrogen-bond donors (Lipinski definition) is 2. The quantitative estimate of drug-likeness (QED) is 0.829. The molecule has 1 fully saturated rings. The van der Waals surface area contributed by atoms with Gasteiger partial charge in [0, 0.05) is 25.7 Å². The van der Waals surface area contributed by atoms with E-state index >= 15 is 0 Å². The molecule has 0 radical (unpaired) electrons. The summed E-state index contributed by atoms with van der Waals surface area (Å²) in [5, 5.41) is 6.27. The van der Waals surface area contributed by atoms with Crippen LogP contribution < -0.4 is 11.1 Å². The lowest BCUT2D eigenvalue weighted by Gasteiger charge is -2.37. The van der Waals surface area contributed by atoms with Crippen molar-refractivity contribution in [2.24, 2.45) is 5.73 Å². The monoisotopic (exact) mass is 283 g/mol. The molecule has 1 atom stereocenters. The van der Waals surface area contributed by atoms with Gasteiger partial charge in [0.1, 0.15) is 0 Å². The summed E-state index contributed by atoms with van der Waals surface area (Å²) in [5.41, 5.74) is 7.09. The summed E-state index contributed by atoms with van der Waals surface area (Å²) in [7, 11) is 0. The first-order chi connectivity index (χ1) is 10.4. The van der Waals surface area contributed by atoms with Gasteiger partial charge in [0.25, 0.3) is 0 Å². The molecule has 0 amide bonds. The molecule has 1 heterocycles. The molecule has 3 heteroatoms. The summed E-state index contributed by atoms with van der Waals surface area (Å²) in [6.45, 7) is 5.19. The van der Waals surface area contributed by atoms with Crippen molar-refractivity contribution in [1.29, 1.82) is 0 Å². The van der Waals surface area contributed by atoms with Crippen LogP contribution in [-0.4, -0.2) is 37.6 Å². The topological polar surface area (TPSA) is 41.3 Å². The highest BCUT2D eigenvalue weighted by Gasteiger charge is 2.24. The summed E-state index contributed by atoms with van der Waals surface area (Å²) in [6.07, 6.45) is 2.31. The van der Waals surface area contributed by atoms with Crippen LogP contribution in [0, 0.1) is 0 Å². The smallest absolute Gasteiger partial charge is 0.0479 e. The van der Waals surface area contributed by atoms with Gasteiger partial charge in [0.15, 0.2) is 0 Å². The number of piperazine rings is 1. The number of rotatable bonds is 5. The molecule has 112 valence electrons. The molecule has 0 saturated carbocycles. The van der Waals surface area contributed by atoms with Gasteiger partial charge in [-0.15, -0.1) is 0 Å². The van der Waals surface area contributed by atoms with Gasteiger partial charge in [-0.1, -0.05) is 42.5 Å². The van der Waals surface area contributed by atoms with E-state index in [4.69, 9.17) is 5.73 Å². The summed E-state index contributed by atoms with van der Waals surface area (Å²) in [5.74, 6) is 0. The molecule has 3 rings (SSSR count). The largest absolute Gasteiger partial charge is 0.330 e. The van der Waals surface area contributed by atoms with Gasteiger partial charge in [-0.2, -0.15) is 0 Å². The maximum atomic E-state index is 5.63. The molecule has 21 heavy (non-hydrogen) atoms. The molecular formula is C18H25N3. The molecule has 2 aromatic rings. The first kappa shape index (κ1) is 14.5. The van der Waals surface area contributed by atoms with Crippen LogP contribution in [0.4, 0.5) is 0 Å². The summed E-state index contributed by atoms with van der Waals surface area (Å²) in [6, 6.07) is 15.9. The Morgan fingerprint density at radius 1 is 1.10 bits per heavy atom. The fourth-order valence-electron chi connectivity index (χ4n) is 3.32. The number of nitrogens with one attached hydrogen (secondary N) is 1. The first-order valence-corrected chi connectivity index (χ1v) is 8.02. The van der Waals surface area contributed by atoms with Crippen molar-refractivity contribution >= 4 is 10.8 Å². The van der Waals surface area contributed by atoms with Crippen LogP contribution in [0.15, 0.2) is 42.5 Å². The average molecular weight is 283 g/mol. The summed E-state index contributed by atoms with van der Waals surface area (Å²) >= 11 is 0. The molecule has 2 aromatic carbocycles. The molecular weight excluding hydrogens is 258 g/mol.